The van der Waals surface area contributed by atoms with Gasteiger partial charge in [0.1, 0.15) is 5.69 Å². The van der Waals surface area contributed by atoms with Crippen LogP contribution >= 0.6 is 11.3 Å². The molecule has 5 heteroatoms. The van der Waals surface area contributed by atoms with Crippen molar-refractivity contribution in [1.82, 2.24) is 14.8 Å². The highest BCUT2D eigenvalue weighted by Gasteiger charge is 2.35. The van der Waals surface area contributed by atoms with E-state index in [9.17, 15) is 4.79 Å². The number of ketones is 1. The largest absolute Gasteiger partial charge is 0.288 e. The molecule has 0 N–H and O–H groups in total. The molecule has 0 saturated carbocycles. The molecule has 0 spiro atoms. The Hall–Kier alpha value is -3.57. The molecule has 3 aromatic carbocycles. The first-order valence-electron chi connectivity index (χ1n) is 9.82. The van der Waals surface area contributed by atoms with Crippen LogP contribution < -0.4 is 0 Å². The maximum absolute atomic E-state index is 13.3. The van der Waals surface area contributed by atoms with Gasteiger partial charge in [-0.05, 0) is 31.5 Å². The second kappa shape index (κ2) is 6.21. The van der Waals surface area contributed by atoms with Gasteiger partial charge < -0.3 is 0 Å². The van der Waals surface area contributed by atoms with Gasteiger partial charge in [-0.15, -0.1) is 0 Å². The first kappa shape index (κ1) is 17.3. The molecule has 2 aromatic heterocycles. The van der Waals surface area contributed by atoms with Gasteiger partial charge in [0.2, 0.25) is 5.13 Å². The number of carbonyl (C=O) groups excluding carboxylic acids is 1. The lowest BCUT2D eigenvalue weighted by Crippen LogP contribution is -2.00. The first-order valence-corrected chi connectivity index (χ1v) is 10.6. The highest BCUT2D eigenvalue weighted by molar-refractivity contribution is 7.20. The molecule has 6 rings (SSSR count). The molecule has 1 aliphatic carbocycles. The number of hydrogen-bond donors (Lipinski definition) is 0. The zero-order valence-electron chi connectivity index (χ0n) is 16.5. The third-order valence-electron chi connectivity index (χ3n) is 5.58. The van der Waals surface area contributed by atoms with Crippen molar-refractivity contribution >= 4 is 27.3 Å². The van der Waals surface area contributed by atoms with Crippen LogP contribution in [0.5, 0.6) is 0 Å². The molecule has 5 aromatic rings. The molecular formula is C25H17N3OS. The monoisotopic (exact) mass is 407 g/mol. The number of benzene rings is 3. The molecule has 144 valence electrons. The fourth-order valence-electron chi connectivity index (χ4n) is 4.07. The smallest absolute Gasteiger partial charge is 0.212 e. The second-order valence-electron chi connectivity index (χ2n) is 7.69. The van der Waals surface area contributed by atoms with Gasteiger partial charge in [-0.2, -0.15) is 5.10 Å². The first-order chi connectivity index (χ1) is 14.6. The number of hydrogen-bond acceptors (Lipinski definition) is 4. The summed E-state index contributed by atoms with van der Waals surface area (Å²) >= 11 is 1.60. The third kappa shape index (κ3) is 2.42. The molecule has 0 saturated heterocycles. The zero-order chi connectivity index (χ0) is 20.4. The summed E-state index contributed by atoms with van der Waals surface area (Å²) in [5.41, 5.74) is 8.10. The van der Waals surface area contributed by atoms with Crippen LogP contribution in [-0.4, -0.2) is 20.5 Å². The fourth-order valence-corrected chi connectivity index (χ4v) is 5.09. The van der Waals surface area contributed by atoms with Crippen LogP contribution in [0.1, 0.15) is 27.0 Å². The van der Waals surface area contributed by atoms with E-state index in [0.717, 1.165) is 37.7 Å². The van der Waals surface area contributed by atoms with Crippen molar-refractivity contribution in [3.8, 4) is 27.6 Å². The fraction of sp³-hybridized carbons (Fsp3) is 0.0800. The zero-order valence-corrected chi connectivity index (χ0v) is 17.3. The standard InChI is InChI=1S/C25H17N3OS/c1-14-7-10-16(11-8-14)22-21-23(17-5-3-4-6-18(17)24(21)29)28(27-22)25-26-19-12-9-15(2)13-20(19)30-25/h3-13H,1-2H3. The van der Waals surface area contributed by atoms with Gasteiger partial charge in [0.15, 0.2) is 5.78 Å². The van der Waals surface area contributed by atoms with E-state index in [1.165, 1.54) is 11.1 Å². The summed E-state index contributed by atoms with van der Waals surface area (Å²) in [5.74, 6) is 0.0272. The third-order valence-corrected chi connectivity index (χ3v) is 6.57. The Morgan fingerprint density at radius 1 is 0.867 bits per heavy atom. The maximum atomic E-state index is 13.3. The number of aryl methyl sites for hydroxylation is 2. The molecule has 0 bridgehead atoms. The summed E-state index contributed by atoms with van der Waals surface area (Å²) in [5, 5.41) is 5.69. The van der Waals surface area contributed by atoms with E-state index < -0.39 is 0 Å². The molecule has 0 radical (unpaired) electrons. The number of fused-ring (bicyclic) bond motifs is 4. The molecular weight excluding hydrogens is 390 g/mol. The van der Waals surface area contributed by atoms with Gasteiger partial charge in [0.05, 0.1) is 21.5 Å². The van der Waals surface area contributed by atoms with Crippen molar-refractivity contribution in [2.24, 2.45) is 0 Å². The quantitative estimate of drug-likeness (QED) is 0.355. The summed E-state index contributed by atoms with van der Waals surface area (Å²) in [6.45, 7) is 4.13. The van der Waals surface area contributed by atoms with Crippen molar-refractivity contribution in [1.29, 1.82) is 0 Å². The number of aromatic nitrogens is 3. The van der Waals surface area contributed by atoms with E-state index >= 15 is 0 Å². The number of rotatable bonds is 2. The number of nitrogens with zero attached hydrogens (tertiary/aromatic N) is 3. The number of carbonyl (C=O) groups is 1. The second-order valence-corrected chi connectivity index (χ2v) is 8.70. The van der Waals surface area contributed by atoms with E-state index in [0.29, 0.717) is 11.3 Å². The van der Waals surface area contributed by atoms with Gasteiger partial charge in [-0.25, -0.2) is 9.67 Å². The van der Waals surface area contributed by atoms with E-state index in [4.69, 9.17) is 10.1 Å². The van der Waals surface area contributed by atoms with Crippen LogP contribution in [0.2, 0.25) is 0 Å². The highest BCUT2D eigenvalue weighted by atomic mass is 32.1. The minimum atomic E-state index is 0.0272. The molecule has 1 aliphatic rings. The van der Waals surface area contributed by atoms with Crippen molar-refractivity contribution in [2.45, 2.75) is 13.8 Å². The lowest BCUT2D eigenvalue weighted by atomic mass is 10.0. The Labute approximate surface area is 177 Å². The molecule has 0 fully saturated rings. The van der Waals surface area contributed by atoms with Crippen molar-refractivity contribution < 1.29 is 4.79 Å². The van der Waals surface area contributed by atoms with Crippen LogP contribution in [0.15, 0.2) is 66.7 Å². The number of thiazole rings is 1. The summed E-state index contributed by atoms with van der Waals surface area (Å²) < 4.78 is 2.97. The van der Waals surface area contributed by atoms with E-state index in [1.54, 1.807) is 11.3 Å². The lowest BCUT2D eigenvalue weighted by Gasteiger charge is -2.03. The Bertz CT molecular complexity index is 1470. The van der Waals surface area contributed by atoms with E-state index in [-0.39, 0.29) is 5.78 Å². The summed E-state index contributed by atoms with van der Waals surface area (Å²) in [4.78, 5) is 18.2. The predicted octanol–water partition coefficient (Wildman–Crippen LogP) is 5.98. The molecule has 0 atom stereocenters. The molecule has 4 nitrogen and oxygen atoms in total. The summed E-state index contributed by atoms with van der Waals surface area (Å²) in [6.07, 6.45) is 0. The van der Waals surface area contributed by atoms with Crippen LogP contribution in [0, 0.1) is 13.8 Å². The van der Waals surface area contributed by atoms with Gasteiger partial charge in [-0.1, -0.05) is 71.5 Å². The molecule has 0 amide bonds. The Balaban J connectivity index is 1.66. The van der Waals surface area contributed by atoms with Crippen molar-refractivity contribution in [3.05, 3.63) is 89.0 Å². The Morgan fingerprint density at radius 3 is 2.40 bits per heavy atom. The molecule has 0 unspecified atom stereocenters. The topological polar surface area (TPSA) is 47.8 Å². The van der Waals surface area contributed by atoms with Crippen LogP contribution in [0.25, 0.3) is 37.9 Å². The van der Waals surface area contributed by atoms with Gasteiger partial charge in [-0.3, -0.25) is 4.79 Å². The predicted molar refractivity (Wildman–Crippen MR) is 121 cm³/mol. The average Bonchev–Trinajstić information content (AvgIpc) is 3.42. The molecule has 2 heterocycles. The SMILES string of the molecule is Cc1ccc(-c2nn(-c3nc4ccc(C)cc4s3)c3c2C(=O)c2ccccc2-3)cc1. The van der Waals surface area contributed by atoms with Crippen molar-refractivity contribution in [2.75, 3.05) is 0 Å². The Morgan fingerprint density at radius 2 is 1.60 bits per heavy atom. The van der Waals surface area contributed by atoms with Gasteiger partial charge in [0, 0.05) is 16.7 Å². The molecule has 30 heavy (non-hydrogen) atoms. The maximum Gasteiger partial charge on any atom is 0.212 e. The van der Waals surface area contributed by atoms with Crippen LogP contribution in [0.3, 0.4) is 0 Å². The summed E-state index contributed by atoms with van der Waals surface area (Å²) in [6, 6.07) is 22.2. The Kier molecular flexibility index (Phi) is 3.58. The van der Waals surface area contributed by atoms with Crippen molar-refractivity contribution in [3.63, 3.8) is 0 Å². The minimum absolute atomic E-state index is 0.0272. The minimum Gasteiger partial charge on any atom is -0.288 e. The van der Waals surface area contributed by atoms with Gasteiger partial charge in [0.25, 0.3) is 0 Å². The van der Waals surface area contributed by atoms with Crippen LogP contribution in [-0.2, 0) is 0 Å². The normalized spacial score (nSPS) is 12.4. The molecule has 0 aliphatic heterocycles. The van der Waals surface area contributed by atoms with E-state index in [1.807, 2.05) is 59.3 Å². The lowest BCUT2D eigenvalue weighted by molar-refractivity contribution is 0.104. The van der Waals surface area contributed by atoms with Gasteiger partial charge >= 0.3 is 0 Å². The average molecular weight is 407 g/mol. The summed E-state index contributed by atoms with van der Waals surface area (Å²) in [7, 11) is 0. The highest BCUT2D eigenvalue weighted by Crippen LogP contribution is 2.43. The van der Waals surface area contributed by atoms with E-state index in [2.05, 4.69) is 26.0 Å². The van der Waals surface area contributed by atoms with Crippen LogP contribution in [0.4, 0.5) is 0 Å².